The number of amides is 1. The highest BCUT2D eigenvalue weighted by molar-refractivity contribution is 14.1. The van der Waals surface area contributed by atoms with E-state index in [9.17, 15) is 4.79 Å². The molecule has 6 heteroatoms. The topological polar surface area (TPSA) is 59.0 Å². The molecule has 1 N–H and O–H groups in total. The Morgan fingerprint density at radius 1 is 1.14 bits per heavy atom. The van der Waals surface area contributed by atoms with Crippen LogP contribution in [0.15, 0.2) is 60.4 Å². The molecule has 28 heavy (non-hydrogen) atoms. The van der Waals surface area contributed by atoms with Gasteiger partial charge in [-0.2, -0.15) is 0 Å². The number of hydrogen-bond acceptors (Lipinski definition) is 4. The van der Waals surface area contributed by atoms with Gasteiger partial charge < -0.3 is 19.5 Å². The summed E-state index contributed by atoms with van der Waals surface area (Å²) in [6.07, 6.45) is 2.02. The summed E-state index contributed by atoms with van der Waals surface area (Å²) >= 11 is 2.28. The summed E-state index contributed by atoms with van der Waals surface area (Å²) in [7, 11) is 3.42. The maximum Gasteiger partial charge on any atom is 0.288 e. The van der Waals surface area contributed by atoms with E-state index in [0.29, 0.717) is 18.8 Å². The molecule has 2 aromatic carbocycles. The predicted octanol–water partition coefficient (Wildman–Crippen LogP) is 3.80. The highest BCUT2D eigenvalue weighted by Gasteiger charge is 2.29. The first-order valence-electron chi connectivity index (χ1n) is 9.12. The summed E-state index contributed by atoms with van der Waals surface area (Å²) in [6.45, 7) is 0.393. The minimum absolute atomic E-state index is 0.0192. The highest BCUT2D eigenvalue weighted by Crippen LogP contribution is 2.32. The van der Waals surface area contributed by atoms with Crippen molar-refractivity contribution in [3.05, 3.63) is 80.6 Å². The largest absolute Gasteiger partial charge is 0.459 e. The average molecular weight is 493 g/mol. The molecule has 0 radical (unpaired) electrons. The lowest BCUT2D eigenvalue weighted by Crippen LogP contribution is -2.32. The van der Waals surface area contributed by atoms with E-state index in [1.807, 2.05) is 30.3 Å². The minimum Gasteiger partial charge on any atom is -0.459 e. The summed E-state index contributed by atoms with van der Waals surface area (Å²) in [6, 6.07) is 15.9. The molecule has 0 aliphatic carbocycles. The summed E-state index contributed by atoms with van der Waals surface area (Å²) in [4.78, 5) is 14.0. The molecule has 0 saturated heterocycles. The van der Waals surface area contributed by atoms with Crippen molar-refractivity contribution >= 4 is 28.5 Å². The van der Waals surface area contributed by atoms with Crippen molar-refractivity contribution in [3.8, 4) is 0 Å². The highest BCUT2D eigenvalue weighted by atomic mass is 127. The van der Waals surface area contributed by atoms with E-state index in [1.165, 1.54) is 8.47 Å². The van der Waals surface area contributed by atoms with Gasteiger partial charge in [0.05, 0.1) is 13.2 Å². The SMILES string of the molecule is CN(C)C(=O)C1=C[C@H](c2ccc(I)cc2)C[C@H](OCc2ccc(CO)cc2)O1. The Hall–Kier alpha value is -1.90. The fourth-order valence-corrected chi connectivity index (χ4v) is 3.36. The van der Waals surface area contributed by atoms with Crippen LogP contribution in [0.5, 0.6) is 0 Å². The maximum absolute atomic E-state index is 12.5. The van der Waals surface area contributed by atoms with Crippen LogP contribution in [-0.4, -0.2) is 36.3 Å². The van der Waals surface area contributed by atoms with Crippen molar-refractivity contribution in [3.63, 3.8) is 0 Å². The van der Waals surface area contributed by atoms with Gasteiger partial charge in [0, 0.05) is 30.0 Å². The molecule has 0 spiro atoms. The zero-order valence-electron chi connectivity index (χ0n) is 16.0. The number of halogens is 1. The zero-order chi connectivity index (χ0) is 20.1. The van der Waals surface area contributed by atoms with Gasteiger partial charge in [-0.1, -0.05) is 36.4 Å². The fraction of sp³-hybridized carbons (Fsp3) is 0.318. The van der Waals surface area contributed by atoms with Crippen LogP contribution in [-0.2, 0) is 27.5 Å². The van der Waals surface area contributed by atoms with E-state index in [4.69, 9.17) is 14.6 Å². The Morgan fingerprint density at radius 3 is 2.39 bits per heavy atom. The van der Waals surface area contributed by atoms with E-state index in [0.717, 1.165) is 16.7 Å². The molecule has 1 aliphatic rings. The Kier molecular flexibility index (Phi) is 7.09. The Morgan fingerprint density at radius 2 is 1.79 bits per heavy atom. The van der Waals surface area contributed by atoms with Crippen LogP contribution >= 0.6 is 22.6 Å². The summed E-state index contributed by atoms with van der Waals surface area (Å²) in [5.74, 6) is 0.197. The molecular weight excluding hydrogens is 469 g/mol. The number of aliphatic hydroxyl groups is 1. The number of carbonyl (C=O) groups excluding carboxylic acids is 1. The molecule has 148 valence electrons. The van der Waals surface area contributed by atoms with Crippen LogP contribution in [0.1, 0.15) is 29.0 Å². The van der Waals surface area contributed by atoms with Crippen molar-refractivity contribution in [2.45, 2.75) is 31.8 Å². The van der Waals surface area contributed by atoms with E-state index in [-0.39, 0.29) is 18.4 Å². The van der Waals surface area contributed by atoms with Crippen LogP contribution < -0.4 is 0 Å². The fourth-order valence-electron chi connectivity index (χ4n) is 3.00. The van der Waals surface area contributed by atoms with E-state index < -0.39 is 6.29 Å². The van der Waals surface area contributed by atoms with Crippen molar-refractivity contribution in [2.24, 2.45) is 0 Å². The molecule has 2 atom stereocenters. The first-order valence-corrected chi connectivity index (χ1v) is 10.2. The normalized spacial score (nSPS) is 18.9. The van der Waals surface area contributed by atoms with Gasteiger partial charge in [0.1, 0.15) is 0 Å². The molecular formula is C22H24INO4. The maximum atomic E-state index is 12.5. The average Bonchev–Trinajstić information content (AvgIpc) is 2.72. The lowest BCUT2D eigenvalue weighted by atomic mass is 9.93. The standard InChI is InChI=1S/C22H24INO4/c1-24(2)22(26)20-11-18(17-7-9-19(23)10-8-17)12-21(28-20)27-14-16-5-3-15(13-25)4-6-16/h3-11,18,21,25H,12-14H2,1-2H3/t18-,21+/m0/s1. The van der Waals surface area contributed by atoms with E-state index in [1.54, 1.807) is 14.1 Å². The van der Waals surface area contributed by atoms with Gasteiger partial charge in [0.2, 0.25) is 6.29 Å². The number of rotatable bonds is 6. The molecule has 1 aliphatic heterocycles. The number of likely N-dealkylation sites (N-methyl/N-ethyl adjacent to an activating group) is 1. The molecule has 1 amide bonds. The predicted molar refractivity (Wildman–Crippen MR) is 115 cm³/mol. The van der Waals surface area contributed by atoms with Gasteiger partial charge in [0.25, 0.3) is 5.91 Å². The quantitative estimate of drug-likeness (QED) is 0.623. The van der Waals surface area contributed by atoms with Gasteiger partial charge in [-0.05, 0) is 57.5 Å². The second kappa shape index (κ2) is 9.54. The molecule has 2 aromatic rings. The van der Waals surface area contributed by atoms with Crippen LogP contribution in [0.4, 0.5) is 0 Å². The number of ether oxygens (including phenoxy) is 2. The number of allylic oxidation sites excluding steroid dienone is 1. The van der Waals surface area contributed by atoms with Crippen LogP contribution in [0, 0.1) is 3.57 Å². The second-order valence-corrected chi connectivity index (χ2v) is 8.20. The molecule has 0 saturated carbocycles. The molecule has 5 nitrogen and oxygen atoms in total. The van der Waals surface area contributed by atoms with Crippen molar-refractivity contribution in [1.29, 1.82) is 0 Å². The molecule has 0 fully saturated rings. The number of hydrogen-bond donors (Lipinski definition) is 1. The molecule has 0 unspecified atom stereocenters. The Labute approximate surface area is 179 Å². The smallest absolute Gasteiger partial charge is 0.288 e. The first kappa shape index (κ1) is 20.8. The van der Waals surface area contributed by atoms with Crippen LogP contribution in [0.25, 0.3) is 0 Å². The summed E-state index contributed by atoms with van der Waals surface area (Å²) in [5.41, 5.74) is 2.98. The molecule has 3 rings (SSSR count). The van der Waals surface area contributed by atoms with Gasteiger partial charge in [0.15, 0.2) is 5.76 Å². The van der Waals surface area contributed by atoms with Gasteiger partial charge in [-0.15, -0.1) is 0 Å². The van der Waals surface area contributed by atoms with Crippen molar-refractivity contribution < 1.29 is 19.4 Å². The minimum atomic E-state index is -0.509. The van der Waals surface area contributed by atoms with Crippen molar-refractivity contribution in [1.82, 2.24) is 4.90 Å². The Bertz CT molecular complexity index is 831. The Balaban J connectivity index is 1.74. The second-order valence-electron chi connectivity index (χ2n) is 6.96. The molecule has 0 aromatic heterocycles. The van der Waals surface area contributed by atoms with Crippen LogP contribution in [0.2, 0.25) is 0 Å². The molecule has 1 heterocycles. The van der Waals surface area contributed by atoms with Crippen molar-refractivity contribution in [2.75, 3.05) is 14.1 Å². The van der Waals surface area contributed by atoms with Crippen LogP contribution in [0.3, 0.4) is 0 Å². The summed E-state index contributed by atoms with van der Waals surface area (Å²) in [5, 5.41) is 9.15. The number of carbonyl (C=O) groups is 1. The third kappa shape index (κ3) is 5.33. The summed E-state index contributed by atoms with van der Waals surface area (Å²) < 4.78 is 13.0. The van der Waals surface area contributed by atoms with E-state index in [2.05, 4.69) is 46.9 Å². The third-order valence-corrected chi connectivity index (χ3v) is 5.33. The lowest BCUT2D eigenvalue weighted by molar-refractivity contribution is -0.154. The monoisotopic (exact) mass is 493 g/mol. The number of aliphatic hydroxyl groups excluding tert-OH is 1. The number of benzene rings is 2. The lowest BCUT2D eigenvalue weighted by Gasteiger charge is -2.30. The number of nitrogens with zero attached hydrogens (tertiary/aromatic N) is 1. The zero-order valence-corrected chi connectivity index (χ0v) is 18.1. The molecule has 0 bridgehead atoms. The third-order valence-electron chi connectivity index (χ3n) is 4.61. The van der Waals surface area contributed by atoms with E-state index >= 15 is 0 Å². The van der Waals surface area contributed by atoms with Gasteiger partial charge >= 0.3 is 0 Å². The van der Waals surface area contributed by atoms with Gasteiger partial charge in [-0.3, -0.25) is 4.79 Å². The van der Waals surface area contributed by atoms with Gasteiger partial charge in [-0.25, -0.2) is 0 Å². The first-order chi connectivity index (χ1) is 13.5.